The van der Waals surface area contributed by atoms with Gasteiger partial charge < -0.3 is 10.2 Å². The van der Waals surface area contributed by atoms with Crippen LogP contribution in [0.2, 0.25) is 0 Å². The van der Waals surface area contributed by atoms with Crippen molar-refractivity contribution in [2.45, 2.75) is 25.3 Å². The lowest BCUT2D eigenvalue weighted by molar-refractivity contribution is -0.131. The second kappa shape index (κ2) is 6.34. The second-order valence-corrected chi connectivity index (χ2v) is 5.60. The van der Waals surface area contributed by atoms with Crippen molar-refractivity contribution in [3.05, 3.63) is 34.3 Å². The van der Waals surface area contributed by atoms with Crippen LogP contribution in [0.15, 0.2) is 28.7 Å². The van der Waals surface area contributed by atoms with Crippen molar-refractivity contribution in [2.24, 2.45) is 0 Å². The molecule has 1 saturated heterocycles. The fourth-order valence-corrected chi connectivity index (χ4v) is 2.78. The SMILES string of the molecule is CN(C(=O)CCc1ccccc1Br)[C@H]1CCNC1. The molecule has 4 heteroatoms. The van der Waals surface area contributed by atoms with Gasteiger partial charge in [0.05, 0.1) is 0 Å². The Labute approximate surface area is 117 Å². The summed E-state index contributed by atoms with van der Waals surface area (Å²) in [4.78, 5) is 14.0. The van der Waals surface area contributed by atoms with Gasteiger partial charge in [-0.15, -0.1) is 0 Å². The van der Waals surface area contributed by atoms with Gasteiger partial charge >= 0.3 is 0 Å². The molecular weight excluding hydrogens is 292 g/mol. The van der Waals surface area contributed by atoms with E-state index in [4.69, 9.17) is 0 Å². The summed E-state index contributed by atoms with van der Waals surface area (Å²) >= 11 is 3.51. The highest BCUT2D eigenvalue weighted by molar-refractivity contribution is 9.10. The van der Waals surface area contributed by atoms with Crippen LogP contribution in [0.1, 0.15) is 18.4 Å². The molecule has 18 heavy (non-hydrogen) atoms. The second-order valence-electron chi connectivity index (χ2n) is 4.74. The van der Waals surface area contributed by atoms with Crippen molar-refractivity contribution < 1.29 is 4.79 Å². The third-order valence-corrected chi connectivity index (χ3v) is 4.32. The van der Waals surface area contributed by atoms with Crippen molar-refractivity contribution >= 4 is 21.8 Å². The lowest BCUT2D eigenvalue weighted by Gasteiger charge is -2.23. The molecule has 1 aliphatic rings. The van der Waals surface area contributed by atoms with Crippen LogP contribution in [0.3, 0.4) is 0 Å². The predicted octanol–water partition coefficient (Wildman–Crippen LogP) is 2.20. The fraction of sp³-hybridized carbons (Fsp3) is 0.500. The lowest BCUT2D eigenvalue weighted by atomic mass is 10.1. The molecule has 0 aromatic heterocycles. The number of aryl methyl sites for hydroxylation is 1. The predicted molar refractivity (Wildman–Crippen MR) is 76.5 cm³/mol. The van der Waals surface area contributed by atoms with E-state index >= 15 is 0 Å². The molecule has 0 aliphatic carbocycles. The van der Waals surface area contributed by atoms with E-state index in [9.17, 15) is 4.79 Å². The van der Waals surface area contributed by atoms with Gasteiger partial charge in [0.1, 0.15) is 0 Å². The Bertz CT molecular complexity index is 416. The first-order chi connectivity index (χ1) is 8.68. The van der Waals surface area contributed by atoms with Crippen LogP contribution < -0.4 is 5.32 Å². The van der Waals surface area contributed by atoms with Crippen LogP contribution in [0.25, 0.3) is 0 Å². The molecule has 0 unspecified atom stereocenters. The van der Waals surface area contributed by atoms with Crippen LogP contribution in [-0.2, 0) is 11.2 Å². The van der Waals surface area contributed by atoms with E-state index < -0.39 is 0 Å². The molecule has 1 amide bonds. The van der Waals surface area contributed by atoms with Gasteiger partial charge in [-0.05, 0) is 31.0 Å². The summed E-state index contributed by atoms with van der Waals surface area (Å²) in [6, 6.07) is 8.46. The van der Waals surface area contributed by atoms with Gasteiger partial charge in [-0.3, -0.25) is 4.79 Å². The largest absolute Gasteiger partial charge is 0.341 e. The fourth-order valence-electron chi connectivity index (χ4n) is 2.29. The quantitative estimate of drug-likeness (QED) is 0.924. The zero-order valence-electron chi connectivity index (χ0n) is 10.7. The molecular formula is C14H19BrN2O. The first-order valence-electron chi connectivity index (χ1n) is 6.38. The van der Waals surface area contributed by atoms with E-state index in [1.54, 1.807) is 0 Å². The highest BCUT2D eigenvalue weighted by Gasteiger charge is 2.22. The summed E-state index contributed by atoms with van der Waals surface area (Å²) in [6.07, 6.45) is 2.44. The summed E-state index contributed by atoms with van der Waals surface area (Å²) in [5, 5.41) is 3.29. The number of hydrogen-bond donors (Lipinski definition) is 1. The van der Waals surface area contributed by atoms with Crippen LogP contribution in [0.5, 0.6) is 0 Å². The normalized spacial score (nSPS) is 18.9. The zero-order chi connectivity index (χ0) is 13.0. The van der Waals surface area contributed by atoms with E-state index in [2.05, 4.69) is 27.3 Å². The maximum Gasteiger partial charge on any atom is 0.222 e. The molecule has 0 saturated carbocycles. The molecule has 0 spiro atoms. The maximum atomic E-state index is 12.1. The van der Waals surface area contributed by atoms with Crippen molar-refractivity contribution in [1.82, 2.24) is 10.2 Å². The molecule has 1 aliphatic heterocycles. The van der Waals surface area contributed by atoms with Gasteiger partial charge in [-0.25, -0.2) is 0 Å². The summed E-state index contributed by atoms with van der Waals surface area (Å²) in [5.74, 6) is 0.236. The summed E-state index contributed by atoms with van der Waals surface area (Å²) in [7, 11) is 1.92. The summed E-state index contributed by atoms with van der Waals surface area (Å²) in [6.45, 7) is 1.95. The first-order valence-corrected chi connectivity index (χ1v) is 7.17. The van der Waals surface area contributed by atoms with Crippen LogP contribution >= 0.6 is 15.9 Å². The Hall–Kier alpha value is -0.870. The Kier molecular flexibility index (Phi) is 4.78. The van der Waals surface area contributed by atoms with Crippen molar-refractivity contribution in [3.8, 4) is 0 Å². The van der Waals surface area contributed by atoms with Gasteiger partial charge in [0.15, 0.2) is 0 Å². The minimum atomic E-state index is 0.236. The number of likely N-dealkylation sites (N-methyl/N-ethyl adjacent to an activating group) is 1. The van der Waals surface area contributed by atoms with E-state index in [1.807, 2.05) is 30.1 Å². The summed E-state index contributed by atoms with van der Waals surface area (Å²) in [5.41, 5.74) is 1.20. The summed E-state index contributed by atoms with van der Waals surface area (Å²) < 4.78 is 1.09. The highest BCUT2D eigenvalue weighted by Crippen LogP contribution is 2.18. The van der Waals surface area contributed by atoms with Gasteiger partial charge in [0.25, 0.3) is 0 Å². The highest BCUT2D eigenvalue weighted by atomic mass is 79.9. The Morgan fingerprint density at radius 1 is 1.50 bits per heavy atom. The van der Waals surface area contributed by atoms with E-state index in [0.717, 1.165) is 30.4 Å². The molecule has 1 N–H and O–H groups in total. The molecule has 98 valence electrons. The van der Waals surface area contributed by atoms with Crippen LogP contribution in [0, 0.1) is 0 Å². The number of hydrogen-bond acceptors (Lipinski definition) is 2. The molecule has 1 aromatic carbocycles. The van der Waals surface area contributed by atoms with E-state index in [-0.39, 0.29) is 5.91 Å². The average molecular weight is 311 g/mol. The topological polar surface area (TPSA) is 32.3 Å². The number of amides is 1. The molecule has 1 atom stereocenters. The van der Waals surface area contributed by atoms with E-state index in [0.29, 0.717) is 12.5 Å². The van der Waals surface area contributed by atoms with E-state index in [1.165, 1.54) is 5.56 Å². The number of nitrogens with one attached hydrogen (secondary N) is 1. The third-order valence-electron chi connectivity index (χ3n) is 3.54. The third kappa shape index (κ3) is 3.33. The lowest BCUT2D eigenvalue weighted by Crippen LogP contribution is -2.38. The van der Waals surface area contributed by atoms with Gasteiger partial charge in [0.2, 0.25) is 5.91 Å². The number of halogens is 1. The van der Waals surface area contributed by atoms with Crippen molar-refractivity contribution in [2.75, 3.05) is 20.1 Å². The van der Waals surface area contributed by atoms with Gasteiger partial charge in [-0.1, -0.05) is 34.1 Å². The van der Waals surface area contributed by atoms with Crippen molar-refractivity contribution in [3.63, 3.8) is 0 Å². The zero-order valence-corrected chi connectivity index (χ0v) is 12.2. The number of carbonyl (C=O) groups is 1. The maximum absolute atomic E-state index is 12.1. The van der Waals surface area contributed by atoms with Crippen LogP contribution in [0.4, 0.5) is 0 Å². The number of benzene rings is 1. The number of carbonyl (C=O) groups excluding carboxylic acids is 1. The molecule has 0 bridgehead atoms. The molecule has 0 radical (unpaired) electrons. The first kappa shape index (κ1) is 13.6. The van der Waals surface area contributed by atoms with Crippen LogP contribution in [-0.4, -0.2) is 37.0 Å². The Morgan fingerprint density at radius 3 is 2.94 bits per heavy atom. The molecule has 2 rings (SSSR count). The monoisotopic (exact) mass is 310 g/mol. The Balaban J connectivity index is 1.86. The minimum absolute atomic E-state index is 0.236. The smallest absolute Gasteiger partial charge is 0.222 e. The molecule has 1 heterocycles. The van der Waals surface area contributed by atoms with Gasteiger partial charge in [-0.2, -0.15) is 0 Å². The standard InChI is InChI=1S/C14H19BrN2O/c1-17(12-8-9-16-10-12)14(18)7-6-11-4-2-3-5-13(11)15/h2-5,12,16H,6-10H2,1H3/t12-/m0/s1. The van der Waals surface area contributed by atoms with Gasteiger partial charge in [0, 0.05) is 30.5 Å². The Morgan fingerprint density at radius 2 is 2.28 bits per heavy atom. The number of rotatable bonds is 4. The van der Waals surface area contributed by atoms with Crippen molar-refractivity contribution in [1.29, 1.82) is 0 Å². The number of nitrogens with zero attached hydrogens (tertiary/aromatic N) is 1. The molecule has 1 aromatic rings. The molecule has 3 nitrogen and oxygen atoms in total. The molecule has 1 fully saturated rings. The minimum Gasteiger partial charge on any atom is -0.341 e. The average Bonchev–Trinajstić information content (AvgIpc) is 2.90.